The van der Waals surface area contributed by atoms with Crippen molar-refractivity contribution in [3.05, 3.63) is 0 Å². The second-order valence-corrected chi connectivity index (χ2v) is 3.91. The highest BCUT2D eigenvalue weighted by atomic mass is 19.4. The molecule has 0 bridgehead atoms. The zero-order valence-electron chi connectivity index (χ0n) is 11.8. The van der Waals surface area contributed by atoms with E-state index in [4.69, 9.17) is 4.74 Å². The minimum absolute atomic E-state index is 0.0617. The van der Waals surface area contributed by atoms with E-state index in [-0.39, 0.29) is 12.6 Å². The van der Waals surface area contributed by atoms with E-state index in [1.54, 1.807) is 18.9 Å². The third-order valence-electron chi connectivity index (χ3n) is 1.81. The van der Waals surface area contributed by atoms with E-state index in [0.717, 1.165) is 0 Å². The Labute approximate surface area is 103 Å². The summed E-state index contributed by atoms with van der Waals surface area (Å²) in [5, 5.41) is 0. The molecular weight excluding hydrogens is 231 g/mol. The molecule has 1 saturated heterocycles. The van der Waals surface area contributed by atoms with Crippen molar-refractivity contribution in [2.75, 3.05) is 20.1 Å². The number of alkyl halides is 3. The van der Waals surface area contributed by atoms with Gasteiger partial charge in [0, 0.05) is 13.1 Å². The Morgan fingerprint density at radius 1 is 1.18 bits per heavy atom. The fourth-order valence-electron chi connectivity index (χ4n) is 1.34. The van der Waals surface area contributed by atoms with Gasteiger partial charge >= 0.3 is 6.18 Å². The molecule has 0 aromatic rings. The molecule has 1 aliphatic rings. The van der Waals surface area contributed by atoms with Crippen LogP contribution < -0.4 is 0 Å². The SMILES string of the molecule is CC.CC1CN(C)CC(C(F)(F)F)O1.CCC. The molecule has 0 aromatic heterocycles. The highest BCUT2D eigenvalue weighted by molar-refractivity contribution is 4.78. The van der Waals surface area contributed by atoms with Gasteiger partial charge in [-0.1, -0.05) is 34.1 Å². The lowest BCUT2D eigenvalue weighted by molar-refractivity contribution is -0.249. The molecule has 0 spiro atoms. The van der Waals surface area contributed by atoms with Crippen LogP contribution in [0.2, 0.25) is 0 Å². The van der Waals surface area contributed by atoms with Crippen LogP contribution in [0.3, 0.4) is 0 Å². The molecule has 1 aliphatic heterocycles. The van der Waals surface area contributed by atoms with Gasteiger partial charge in [0.25, 0.3) is 0 Å². The number of ether oxygens (including phenoxy) is 1. The minimum Gasteiger partial charge on any atom is -0.363 e. The number of hydrogen-bond donors (Lipinski definition) is 0. The monoisotopic (exact) mass is 257 g/mol. The van der Waals surface area contributed by atoms with E-state index in [1.807, 2.05) is 13.8 Å². The molecule has 1 rings (SSSR count). The quantitative estimate of drug-likeness (QED) is 0.656. The second kappa shape index (κ2) is 9.71. The van der Waals surface area contributed by atoms with Gasteiger partial charge in [-0.25, -0.2) is 0 Å². The molecule has 2 nitrogen and oxygen atoms in total. The summed E-state index contributed by atoms with van der Waals surface area (Å²) in [7, 11) is 1.66. The average Bonchev–Trinajstić information content (AvgIpc) is 2.19. The average molecular weight is 257 g/mol. The summed E-state index contributed by atoms with van der Waals surface area (Å²) in [6, 6.07) is 0. The summed E-state index contributed by atoms with van der Waals surface area (Å²) in [5.41, 5.74) is 0. The van der Waals surface area contributed by atoms with Gasteiger partial charge in [-0.2, -0.15) is 13.2 Å². The summed E-state index contributed by atoms with van der Waals surface area (Å²) in [6.45, 7) is 10.4. The second-order valence-electron chi connectivity index (χ2n) is 3.91. The Morgan fingerprint density at radius 2 is 1.59 bits per heavy atom. The first-order valence-electron chi connectivity index (χ1n) is 6.21. The molecule has 17 heavy (non-hydrogen) atoms. The van der Waals surface area contributed by atoms with Crippen LogP contribution in [0.5, 0.6) is 0 Å². The summed E-state index contributed by atoms with van der Waals surface area (Å²) in [6.07, 6.45) is -4.94. The molecule has 0 aliphatic carbocycles. The van der Waals surface area contributed by atoms with Crippen LogP contribution in [-0.2, 0) is 4.74 Å². The molecule has 5 heteroatoms. The maximum atomic E-state index is 12.1. The molecule has 1 heterocycles. The van der Waals surface area contributed by atoms with Crippen LogP contribution in [0.15, 0.2) is 0 Å². The normalized spacial score (nSPS) is 25.2. The number of rotatable bonds is 0. The van der Waals surface area contributed by atoms with Crippen LogP contribution in [0, 0.1) is 0 Å². The first kappa shape index (κ1) is 19.1. The molecule has 0 amide bonds. The molecule has 0 aromatic carbocycles. The van der Waals surface area contributed by atoms with Gasteiger partial charge in [-0.3, -0.25) is 0 Å². The van der Waals surface area contributed by atoms with Gasteiger partial charge in [-0.05, 0) is 14.0 Å². The van der Waals surface area contributed by atoms with E-state index in [1.165, 1.54) is 6.42 Å². The van der Waals surface area contributed by atoms with Crippen molar-refractivity contribution in [3.8, 4) is 0 Å². The van der Waals surface area contributed by atoms with Crippen LogP contribution in [0.1, 0.15) is 41.0 Å². The van der Waals surface area contributed by atoms with Gasteiger partial charge in [-0.15, -0.1) is 0 Å². The molecule has 2 atom stereocenters. The van der Waals surface area contributed by atoms with Crippen molar-refractivity contribution in [2.45, 2.75) is 59.4 Å². The van der Waals surface area contributed by atoms with Gasteiger partial charge in [0.05, 0.1) is 6.10 Å². The number of halogens is 3. The maximum absolute atomic E-state index is 12.1. The predicted octanol–water partition coefficient (Wildman–Crippen LogP) is 3.71. The molecule has 0 N–H and O–H groups in total. The lowest BCUT2D eigenvalue weighted by Gasteiger charge is -2.35. The Bertz CT molecular complexity index is 164. The fraction of sp³-hybridized carbons (Fsp3) is 1.00. The van der Waals surface area contributed by atoms with Crippen molar-refractivity contribution in [1.29, 1.82) is 0 Å². The van der Waals surface area contributed by atoms with E-state index in [0.29, 0.717) is 6.54 Å². The van der Waals surface area contributed by atoms with E-state index >= 15 is 0 Å². The molecule has 106 valence electrons. The minimum atomic E-state index is -4.23. The molecular formula is C12H26F3NO. The Balaban J connectivity index is 0. The van der Waals surface area contributed by atoms with Crippen LogP contribution in [-0.4, -0.2) is 43.4 Å². The van der Waals surface area contributed by atoms with Gasteiger partial charge in [0.2, 0.25) is 0 Å². The van der Waals surface area contributed by atoms with Gasteiger partial charge < -0.3 is 9.64 Å². The lowest BCUT2D eigenvalue weighted by atomic mass is 10.2. The van der Waals surface area contributed by atoms with Crippen molar-refractivity contribution in [1.82, 2.24) is 4.90 Å². The molecule has 0 radical (unpaired) electrons. The van der Waals surface area contributed by atoms with Crippen molar-refractivity contribution in [3.63, 3.8) is 0 Å². The lowest BCUT2D eigenvalue weighted by Crippen LogP contribution is -2.50. The fourth-order valence-corrected chi connectivity index (χ4v) is 1.34. The number of morpholine rings is 1. The Kier molecular flexibility index (Phi) is 10.9. The summed E-state index contributed by atoms with van der Waals surface area (Å²) < 4.78 is 41.2. The summed E-state index contributed by atoms with van der Waals surface area (Å²) in [5.74, 6) is 0. The van der Waals surface area contributed by atoms with E-state index < -0.39 is 12.3 Å². The van der Waals surface area contributed by atoms with Gasteiger partial charge in [0.15, 0.2) is 6.10 Å². The number of likely N-dealkylation sites (N-methyl/N-ethyl adjacent to an activating group) is 1. The smallest absolute Gasteiger partial charge is 0.363 e. The topological polar surface area (TPSA) is 12.5 Å². The van der Waals surface area contributed by atoms with Gasteiger partial charge in [0.1, 0.15) is 0 Å². The zero-order chi connectivity index (χ0) is 14.1. The highest BCUT2D eigenvalue weighted by Gasteiger charge is 2.44. The van der Waals surface area contributed by atoms with Crippen molar-refractivity contribution >= 4 is 0 Å². The first-order chi connectivity index (χ1) is 7.81. The molecule has 0 saturated carbocycles. The van der Waals surface area contributed by atoms with Crippen molar-refractivity contribution < 1.29 is 17.9 Å². The summed E-state index contributed by atoms with van der Waals surface area (Å²) >= 11 is 0. The molecule has 1 fully saturated rings. The number of nitrogens with zero attached hydrogens (tertiary/aromatic N) is 1. The number of hydrogen-bond acceptors (Lipinski definition) is 2. The zero-order valence-corrected chi connectivity index (χ0v) is 11.8. The van der Waals surface area contributed by atoms with Crippen molar-refractivity contribution in [2.24, 2.45) is 0 Å². The third-order valence-corrected chi connectivity index (χ3v) is 1.81. The Morgan fingerprint density at radius 3 is 1.88 bits per heavy atom. The third kappa shape index (κ3) is 9.41. The highest BCUT2D eigenvalue weighted by Crippen LogP contribution is 2.26. The van der Waals surface area contributed by atoms with Crippen LogP contribution >= 0.6 is 0 Å². The van der Waals surface area contributed by atoms with E-state index in [9.17, 15) is 13.2 Å². The largest absolute Gasteiger partial charge is 0.415 e. The predicted molar refractivity (Wildman–Crippen MR) is 65.2 cm³/mol. The summed E-state index contributed by atoms with van der Waals surface area (Å²) in [4.78, 5) is 1.63. The van der Waals surface area contributed by atoms with Crippen LogP contribution in [0.4, 0.5) is 13.2 Å². The standard InChI is InChI=1S/C7H12F3NO.C3H8.C2H6/c1-5-3-11(2)4-6(12-5)7(8,9)10;1-3-2;1-2/h5-6H,3-4H2,1-2H3;3H2,1-2H3;1-2H3. The molecule has 2 unspecified atom stereocenters. The Hall–Kier alpha value is -0.290. The van der Waals surface area contributed by atoms with Crippen LogP contribution in [0.25, 0.3) is 0 Å². The van der Waals surface area contributed by atoms with E-state index in [2.05, 4.69) is 13.8 Å². The maximum Gasteiger partial charge on any atom is 0.415 e. The first-order valence-corrected chi connectivity index (χ1v) is 6.21.